The minimum absolute atomic E-state index is 0.139. The SMILES string of the molecule is CCC(C)N(C)CCNCc1ccc(/C(N)=N/O)cc1. The Labute approximate surface area is 121 Å². The molecular weight excluding hydrogens is 252 g/mol. The van der Waals surface area contributed by atoms with E-state index in [0.29, 0.717) is 6.04 Å². The lowest BCUT2D eigenvalue weighted by Gasteiger charge is -2.23. The van der Waals surface area contributed by atoms with Crippen LogP contribution in [0.1, 0.15) is 31.4 Å². The fourth-order valence-electron chi connectivity index (χ4n) is 1.87. The zero-order valence-electron chi connectivity index (χ0n) is 12.6. The fourth-order valence-corrected chi connectivity index (χ4v) is 1.87. The molecule has 0 aromatic heterocycles. The average molecular weight is 278 g/mol. The summed E-state index contributed by atoms with van der Waals surface area (Å²) >= 11 is 0. The van der Waals surface area contributed by atoms with Crippen molar-refractivity contribution < 1.29 is 5.21 Å². The molecule has 4 N–H and O–H groups in total. The molecule has 0 spiro atoms. The van der Waals surface area contributed by atoms with Crippen LogP contribution >= 0.6 is 0 Å². The van der Waals surface area contributed by atoms with Crippen LogP contribution in [-0.4, -0.2) is 42.1 Å². The van der Waals surface area contributed by atoms with E-state index in [1.54, 1.807) is 0 Å². The third-order valence-corrected chi connectivity index (χ3v) is 3.67. The minimum Gasteiger partial charge on any atom is -0.409 e. The molecule has 0 heterocycles. The van der Waals surface area contributed by atoms with Gasteiger partial charge in [0.2, 0.25) is 0 Å². The van der Waals surface area contributed by atoms with Crippen molar-refractivity contribution >= 4 is 5.84 Å². The van der Waals surface area contributed by atoms with Crippen LogP contribution in [0.4, 0.5) is 0 Å². The molecule has 1 unspecified atom stereocenters. The molecule has 1 aromatic rings. The summed E-state index contributed by atoms with van der Waals surface area (Å²) in [6.07, 6.45) is 1.17. The Balaban J connectivity index is 2.32. The molecular formula is C15H26N4O. The fraction of sp³-hybridized carbons (Fsp3) is 0.533. The topological polar surface area (TPSA) is 73.9 Å². The van der Waals surface area contributed by atoms with Gasteiger partial charge in [-0.1, -0.05) is 36.3 Å². The van der Waals surface area contributed by atoms with Crippen LogP contribution in [0.2, 0.25) is 0 Å². The standard InChI is InChI=1S/C15H26N4O/c1-4-12(2)19(3)10-9-17-11-13-5-7-14(8-6-13)15(16)18-20/h5-8,12,17,20H,4,9-11H2,1-3H3,(H2,16,18). The van der Waals surface area contributed by atoms with Gasteiger partial charge in [0, 0.05) is 31.2 Å². The third kappa shape index (κ3) is 5.19. The van der Waals surface area contributed by atoms with Crippen molar-refractivity contribution in [3.05, 3.63) is 35.4 Å². The Morgan fingerprint density at radius 2 is 2.05 bits per heavy atom. The van der Waals surface area contributed by atoms with Crippen molar-refractivity contribution in [3.63, 3.8) is 0 Å². The van der Waals surface area contributed by atoms with Crippen molar-refractivity contribution in [2.24, 2.45) is 10.9 Å². The van der Waals surface area contributed by atoms with Crippen LogP contribution < -0.4 is 11.1 Å². The summed E-state index contributed by atoms with van der Waals surface area (Å²) in [4.78, 5) is 2.36. The van der Waals surface area contributed by atoms with Crippen molar-refractivity contribution in [1.82, 2.24) is 10.2 Å². The highest BCUT2D eigenvalue weighted by Crippen LogP contribution is 2.04. The van der Waals surface area contributed by atoms with Gasteiger partial charge in [-0.2, -0.15) is 0 Å². The van der Waals surface area contributed by atoms with E-state index in [9.17, 15) is 0 Å². The highest BCUT2D eigenvalue weighted by molar-refractivity contribution is 5.96. The van der Waals surface area contributed by atoms with Gasteiger partial charge in [-0.05, 0) is 26.0 Å². The summed E-state index contributed by atoms with van der Waals surface area (Å²) in [5.41, 5.74) is 7.43. The summed E-state index contributed by atoms with van der Waals surface area (Å²) in [6.45, 7) is 7.27. The molecule has 0 amide bonds. The first kappa shape index (κ1) is 16.5. The molecule has 0 bridgehead atoms. The maximum atomic E-state index is 8.59. The van der Waals surface area contributed by atoms with Crippen LogP contribution in [0.3, 0.4) is 0 Å². The first-order chi connectivity index (χ1) is 9.58. The number of benzene rings is 1. The zero-order valence-corrected chi connectivity index (χ0v) is 12.6. The summed E-state index contributed by atoms with van der Waals surface area (Å²) in [6, 6.07) is 8.31. The maximum absolute atomic E-state index is 8.59. The Morgan fingerprint density at radius 1 is 1.40 bits per heavy atom. The molecule has 5 nitrogen and oxygen atoms in total. The van der Waals surface area contributed by atoms with Crippen molar-refractivity contribution in [2.45, 2.75) is 32.9 Å². The minimum atomic E-state index is 0.139. The summed E-state index contributed by atoms with van der Waals surface area (Å²) in [5.74, 6) is 0.139. The summed E-state index contributed by atoms with van der Waals surface area (Å²) in [7, 11) is 2.15. The Hall–Kier alpha value is -1.59. The van der Waals surface area contributed by atoms with E-state index < -0.39 is 0 Å². The maximum Gasteiger partial charge on any atom is 0.170 e. The van der Waals surface area contributed by atoms with Gasteiger partial charge in [-0.3, -0.25) is 0 Å². The van der Waals surface area contributed by atoms with E-state index in [1.807, 2.05) is 24.3 Å². The summed E-state index contributed by atoms with van der Waals surface area (Å²) < 4.78 is 0. The highest BCUT2D eigenvalue weighted by Gasteiger charge is 2.05. The molecule has 0 fully saturated rings. The van der Waals surface area contributed by atoms with Gasteiger partial charge in [0.15, 0.2) is 5.84 Å². The molecule has 0 saturated carbocycles. The number of rotatable bonds is 8. The lowest BCUT2D eigenvalue weighted by atomic mass is 10.1. The van der Waals surface area contributed by atoms with Crippen LogP contribution in [0.15, 0.2) is 29.4 Å². The number of nitrogens with two attached hydrogens (primary N) is 1. The molecule has 0 aliphatic rings. The lowest BCUT2D eigenvalue weighted by molar-refractivity contribution is 0.252. The summed E-state index contributed by atoms with van der Waals surface area (Å²) in [5, 5.41) is 15.0. The van der Waals surface area contributed by atoms with E-state index in [-0.39, 0.29) is 5.84 Å². The van der Waals surface area contributed by atoms with Gasteiger partial charge in [0.1, 0.15) is 0 Å². The second-order valence-electron chi connectivity index (χ2n) is 5.10. The highest BCUT2D eigenvalue weighted by atomic mass is 16.4. The second kappa shape index (κ2) is 8.55. The number of hydrogen-bond acceptors (Lipinski definition) is 4. The molecule has 1 aromatic carbocycles. The quantitative estimate of drug-likeness (QED) is 0.222. The number of nitrogens with zero attached hydrogens (tertiary/aromatic N) is 2. The van der Waals surface area contributed by atoms with Gasteiger partial charge in [0.25, 0.3) is 0 Å². The normalized spacial score (nSPS) is 13.7. The van der Waals surface area contributed by atoms with Crippen LogP contribution in [0.25, 0.3) is 0 Å². The monoisotopic (exact) mass is 278 g/mol. The van der Waals surface area contributed by atoms with Crippen molar-refractivity contribution in [2.75, 3.05) is 20.1 Å². The Kier molecular flexibility index (Phi) is 7.04. The van der Waals surface area contributed by atoms with E-state index >= 15 is 0 Å². The van der Waals surface area contributed by atoms with Crippen LogP contribution in [0.5, 0.6) is 0 Å². The zero-order chi connectivity index (χ0) is 15.0. The molecule has 0 aliphatic heterocycles. The third-order valence-electron chi connectivity index (χ3n) is 3.67. The van der Waals surface area contributed by atoms with Crippen molar-refractivity contribution in [3.8, 4) is 0 Å². The van der Waals surface area contributed by atoms with E-state index in [0.717, 1.165) is 25.2 Å². The molecule has 1 rings (SSSR count). The van der Waals surface area contributed by atoms with Crippen LogP contribution in [-0.2, 0) is 6.54 Å². The first-order valence-corrected chi connectivity index (χ1v) is 7.06. The predicted octanol–water partition coefficient (Wildman–Crippen LogP) is 1.60. The number of likely N-dealkylation sites (N-methyl/N-ethyl adjacent to an activating group) is 1. The number of oxime groups is 1. The Morgan fingerprint density at radius 3 is 2.60 bits per heavy atom. The lowest BCUT2D eigenvalue weighted by Crippen LogP contribution is -2.34. The van der Waals surface area contributed by atoms with Crippen molar-refractivity contribution in [1.29, 1.82) is 0 Å². The second-order valence-corrected chi connectivity index (χ2v) is 5.10. The molecule has 0 radical (unpaired) electrons. The smallest absolute Gasteiger partial charge is 0.170 e. The van der Waals surface area contributed by atoms with Gasteiger partial charge in [-0.25, -0.2) is 0 Å². The Bertz CT molecular complexity index is 416. The molecule has 1 atom stereocenters. The molecule has 0 aliphatic carbocycles. The van der Waals surface area contributed by atoms with E-state index in [4.69, 9.17) is 10.9 Å². The van der Waals surface area contributed by atoms with Gasteiger partial charge in [0.05, 0.1) is 0 Å². The van der Waals surface area contributed by atoms with E-state index in [1.165, 1.54) is 12.0 Å². The molecule has 0 saturated heterocycles. The van der Waals surface area contributed by atoms with Gasteiger partial charge < -0.3 is 21.2 Å². The average Bonchev–Trinajstić information content (AvgIpc) is 2.50. The van der Waals surface area contributed by atoms with Gasteiger partial charge >= 0.3 is 0 Å². The molecule has 20 heavy (non-hydrogen) atoms. The van der Waals surface area contributed by atoms with Gasteiger partial charge in [-0.15, -0.1) is 0 Å². The number of amidine groups is 1. The van der Waals surface area contributed by atoms with E-state index in [2.05, 4.69) is 36.3 Å². The largest absolute Gasteiger partial charge is 0.409 e. The predicted molar refractivity (Wildman–Crippen MR) is 83.0 cm³/mol. The first-order valence-electron chi connectivity index (χ1n) is 7.06. The number of hydrogen-bond donors (Lipinski definition) is 3. The molecule has 112 valence electrons. The molecule has 5 heteroatoms. The number of nitrogens with one attached hydrogen (secondary N) is 1. The van der Waals surface area contributed by atoms with Crippen LogP contribution in [0, 0.1) is 0 Å².